The van der Waals surface area contributed by atoms with Crippen LogP contribution in [-0.2, 0) is 31.9 Å². The second-order valence-electron chi connectivity index (χ2n) is 7.57. The van der Waals surface area contributed by atoms with Gasteiger partial charge in [0.15, 0.2) is 0 Å². The molecule has 1 aromatic heterocycles. The van der Waals surface area contributed by atoms with Gasteiger partial charge in [-0.15, -0.1) is 11.3 Å². The second kappa shape index (κ2) is 9.48. The highest BCUT2D eigenvalue weighted by Crippen LogP contribution is 2.48. The van der Waals surface area contributed by atoms with Crippen LogP contribution in [-0.4, -0.2) is 25.2 Å². The average Bonchev–Trinajstić information content (AvgIpc) is 3.18. The normalized spacial score (nSPS) is 17.6. The van der Waals surface area contributed by atoms with Gasteiger partial charge in [0.1, 0.15) is 0 Å². The third-order valence-corrected chi connectivity index (χ3v) is 7.07. The molecule has 4 rings (SSSR count). The molecule has 0 aliphatic heterocycles. The highest BCUT2D eigenvalue weighted by Gasteiger charge is 2.42. The summed E-state index contributed by atoms with van der Waals surface area (Å²) in [5, 5.41) is 0. The van der Waals surface area contributed by atoms with Gasteiger partial charge >= 0.3 is 11.9 Å². The zero-order valence-corrected chi connectivity index (χ0v) is 18.6. The number of hydrogen-bond donors (Lipinski definition) is 0. The molecule has 0 bridgehead atoms. The Labute approximate surface area is 186 Å². The van der Waals surface area contributed by atoms with Gasteiger partial charge in [0, 0.05) is 9.75 Å². The summed E-state index contributed by atoms with van der Waals surface area (Å²) in [5.74, 6) is -1.71. The lowest BCUT2D eigenvalue weighted by atomic mass is 9.75. The number of benzene rings is 2. The zero-order valence-electron chi connectivity index (χ0n) is 17.8. The maximum atomic E-state index is 12.8. The Balaban J connectivity index is 1.86. The first-order chi connectivity index (χ1) is 15.1. The van der Waals surface area contributed by atoms with E-state index in [4.69, 9.17) is 9.47 Å². The van der Waals surface area contributed by atoms with Crippen molar-refractivity contribution in [1.82, 2.24) is 0 Å². The van der Waals surface area contributed by atoms with Crippen LogP contribution in [0.1, 0.15) is 25.0 Å². The fraction of sp³-hybridized carbons (Fsp3) is 0.308. The molecule has 2 aromatic carbocycles. The molecule has 2 atom stereocenters. The van der Waals surface area contributed by atoms with E-state index in [1.807, 2.05) is 36.4 Å². The van der Waals surface area contributed by atoms with E-state index in [0.717, 1.165) is 32.0 Å². The van der Waals surface area contributed by atoms with Crippen LogP contribution in [0, 0.1) is 11.8 Å². The monoisotopic (exact) mass is 434 g/mol. The molecule has 1 aliphatic carbocycles. The molecule has 0 N–H and O–H groups in total. The first-order valence-electron chi connectivity index (χ1n) is 10.7. The predicted molar refractivity (Wildman–Crippen MR) is 123 cm³/mol. The molecular formula is C26H26O4S. The van der Waals surface area contributed by atoms with Gasteiger partial charge in [-0.05, 0) is 48.9 Å². The van der Waals surface area contributed by atoms with Crippen LogP contribution in [0.25, 0.3) is 20.9 Å². The van der Waals surface area contributed by atoms with E-state index in [9.17, 15) is 9.59 Å². The van der Waals surface area contributed by atoms with Crippen LogP contribution in [0.15, 0.2) is 60.7 Å². The predicted octanol–water partition coefficient (Wildman–Crippen LogP) is 5.54. The van der Waals surface area contributed by atoms with E-state index in [1.165, 1.54) is 0 Å². The quantitative estimate of drug-likeness (QED) is 0.478. The molecule has 3 aromatic rings. The van der Waals surface area contributed by atoms with Crippen molar-refractivity contribution in [2.45, 2.75) is 26.7 Å². The topological polar surface area (TPSA) is 52.6 Å². The van der Waals surface area contributed by atoms with Gasteiger partial charge in [0.2, 0.25) is 0 Å². The summed E-state index contributed by atoms with van der Waals surface area (Å²) >= 11 is 1.73. The Bertz CT molecular complexity index is 972. The van der Waals surface area contributed by atoms with E-state index in [-0.39, 0.29) is 11.9 Å². The van der Waals surface area contributed by atoms with Gasteiger partial charge in [0.05, 0.1) is 25.0 Å². The van der Waals surface area contributed by atoms with Crippen molar-refractivity contribution < 1.29 is 19.1 Å². The molecule has 0 amide bonds. The minimum absolute atomic E-state index is 0.294. The average molecular weight is 435 g/mol. The molecule has 0 saturated heterocycles. The smallest absolute Gasteiger partial charge is 0.310 e. The van der Waals surface area contributed by atoms with Crippen LogP contribution >= 0.6 is 11.3 Å². The molecule has 1 heterocycles. The van der Waals surface area contributed by atoms with Crippen LogP contribution in [0.5, 0.6) is 0 Å². The van der Waals surface area contributed by atoms with Gasteiger partial charge < -0.3 is 9.47 Å². The number of esters is 2. The summed E-state index contributed by atoms with van der Waals surface area (Å²) in [6.07, 6.45) is 0.955. The zero-order chi connectivity index (χ0) is 21.8. The SMILES string of the molecule is CCOC(=O)[C@@H]1Cc2c(-c3ccccc3)sc(-c3ccccc3)c2C[C@H]1C(=O)OCC. The van der Waals surface area contributed by atoms with Gasteiger partial charge in [-0.3, -0.25) is 9.59 Å². The van der Waals surface area contributed by atoms with Crippen molar-refractivity contribution >= 4 is 23.3 Å². The Morgan fingerprint density at radius 2 is 1.13 bits per heavy atom. The van der Waals surface area contributed by atoms with Gasteiger partial charge in [-0.2, -0.15) is 0 Å². The molecule has 0 saturated carbocycles. The van der Waals surface area contributed by atoms with Crippen molar-refractivity contribution in [3.8, 4) is 20.9 Å². The summed E-state index contributed by atoms with van der Waals surface area (Å²) in [5.41, 5.74) is 4.55. The van der Waals surface area contributed by atoms with E-state index in [0.29, 0.717) is 26.1 Å². The Morgan fingerprint density at radius 3 is 1.48 bits per heavy atom. The highest BCUT2D eigenvalue weighted by atomic mass is 32.1. The minimum atomic E-state index is -0.535. The van der Waals surface area contributed by atoms with Gasteiger partial charge in [0.25, 0.3) is 0 Å². The van der Waals surface area contributed by atoms with Crippen molar-refractivity contribution in [3.05, 3.63) is 71.8 Å². The number of rotatable bonds is 6. The number of thiophene rings is 1. The number of fused-ring (bicyclic) bond motifs is 1. The standard InChI is InChI=1S/C26H26O4S/c1-3-29-25(27)21-15-19-20(16-22(21)26(28)30-4-2)24(18-13-9-6-10-14-18)31-23(19)17-11-7-5-8-12-17/h5-14,21-22H,3-4,15-16H2,1-2H3/t21-,22-/m1/s1. The molecule has 4 nitrogen and oxygen atoms in total. The molecule has 1 aliphatic rings. The van der Waals surface area contributed by atoms with Crippen molar-refractivity contribution in [3.63, 3.8) is 0 Å². The highest BCUT2D eigenvalue weighted by molar-refractivity contribution is 7.19. The Hall–Kier alpha value is -2.92. The van der Waals surface area contributed by atoms with Crippen molar-refractivity contribution in [2.24, 2.45) is 11.8 Å². The largest absolute Gasteiger partial charge is 0.466 e. The second-order valence-corrected chi connectivity index (χ2v) is 8.60. The van der Waals surface area contributed by atoms with Gasteiger partial charge in [-0.25, -0.2) is 0 Å². The molecule has 0 radical (unpaired) electrons. The van der Waals surface area contributed by atoms with E-state index in [2.05, 4.69) is 24.3 Å². The molecule has 160 valence electrons. The minimum Gasteiger partial charge on any atom is -0.466 e. The summed E-state index contributed by atoms with van der Waals surface area (Å²) in [6, 6.07) is 20.5. The lowest BCUT2D eigenvalue weighted by Gasteiger charge is -2.29. The number of carbonyl (C=O) groups is 2. The Morgan fingerprint density at radius 1 is 0.742 bits per heavy atom. The lowest BCUT2D eigenvalue weighted by Crippen LogP contribution is -2.38. The summed E-state index contributed by atoms with van der Waals surface area (Å²) < 4.78 is 10.7. The van der Waals surface area contributed by atoms with Crippen LogP contribution < -0.4 is 0 Å². The fourth-order valence-electron chi connectivity index (χ4n) is 4.29. The molecule has 0 fully saturated rings. The van der Waals surface area contributed by atoms with E-state index in [1.54, 1.807) is 25.2 Å². The van der Waals surface area contributed by atoms with Crippen molar-refractivity contribution in [2.75, 3.05) is 13.2 Å². The number of ether oxygens (including phenoxy) is 2. The number of hydrogen-bond acceptors (Lipinski definition) is 5. The van der Waals surface area contributed by atoms with Gasteiger partial charge in [-0.1, -0.05) is 60.7 Å². The maximum Gasteiger partial charge on any atom is 0.310 e. The molecule has 0 unspecified atom stereocenters. The maximum absolute atomic E-state index is 12.8. The van der Waals surface area contributed by atoms with E-state index >= 15 is 0 Å². The molecule has 0 spiro atoms. The third kappa shape index (κ3) is 4.28. The van der Waals surface area contributed by atoms with Crippen LogP contribution in [0.2, 0.25) is 0 Å². The first kappa shape index (κ1) is 21.3. The Kier molecular flexibility index (Phi) is 6.52. The third-order valence-electron chi connectivity index (χ3n) is 5.70. The summed E-state index contributed by atoms with van der Waals surface area (Å²) in [4.78, 5) is 28.0. The fourth-order valence-corrected chi connectivity index (χ4v) is 5.67. The summed E-state index contributed by atoms with van der Waals surface area (Å²) in [6.45, 7) is 4.17. The van der Waals surface area contributed by atoms with Crippen LogP contribution in [0.3, 0.4) is 0 Å². The number of carbonyl (C=O) groups excluding carboxylic acids is 2. The molecule has 5 heteroatoms. The molecule has 31 heavy (non-hydrogen) atoms. The van der Waals surface area contributed by atoms with Crippen molar-refractivity contribution in [1.29, 1.82) is 0 Å². The van der Waals surface area contributed by atoms with E-state index < -0.39 is 11.8 Å². The summed E-state index contributed by atoms with van der Waals surface area (Å²) in [7, 11) is 0. The lowest BCUT2D eigenvalue weighted by molar-refractivity contribution is -0.160. The van der Waals surface area contributed by atoms with Crippen LogP contribution in [0.4, 0.5) is 0 Å². The first-order valence-corrected chi connectivity index (χ1v) is 11.5. The molecular weight excluding hydrogens is 408 g/mol.